The van der Waals surface area contributed by atoms with E-state index in [0.29, 0.717) is 26.7 Å². The standard InChI is InChI=1S/C27H38N4O9.C24H36ClN3O7.C17H22N4O5.C3H3NO2.3CH4/c1-25(2,3)39-23(34)31(24(35)40-26(4,5)6)20-11-10-17(15-28-20)14-18(29-22(33)27(7,8)36-9)19(32)16-37-21-12-13-38-30-21;1-22(2,3)34-20(31)28(21(32)35-23(4,5)6)18-11-10-15(14-26-18)12-16(17(29)13-25)27-19(30)24(7,8)33-9;1-17(2,24-3)16(23)20-12(8-11-4-5-14(18)19-9-11)13(22)10-25-15-6-7-26-21-15;5-3-1-2-6-4-3;;;/h10-13,15,18H,14,16H2,1-9H3,(H,29,33);10-11,14,16H,12-13H2,1-9H3,(H,27,30);4-7,9,12H,8,10H2,1-3H3,(H2,18,19)(H,20,23);1-2H,(H,4,5);3*1H4. The van der Waals surface area contributed by atoms with Gasteiger partial charge in [-0.25, -0.2) is 34.1 Å². The highest BCUT2D eigenvalue weighted by atomic mass is 35.5. The first-order chi connectivity index (χ1) is 49.5. The molecule has 6 rings (SSSR count). The number of carbonyl (C=O) groups is 10. The maximum Gasteiger partial charge on any atom is 0.425 e. The molecule has 6 aromatic rings. The number of nitrogen functional groups attached to an aromatic ring is 1. The van der Waals surface area contributed by atoms with Crippen molar-refractivity contribution < 1.29 is 104 Å². The minimum absolute atomic E-state index is 0. The number of nitrogens with one attached hydrogen (secondary N) is 4. The van der Waals surface area contributed by atoms with Crippen molar-refractivity contribution in [3.8, 4) is 11.8 Å². The lowest BCUT2D eigenvalue weighted by molar-refractivity contribution is -0.142. The van der Waals surface area contributed by atoms with Gasteiger partial charge in [-0.15, -0.1) is 11.6 Å². The summed E-state index contributed by atoms with van der Waals surface area (Å²) in [5.41, 5.74) is 0.291. The van der Waals surface area contributed by atoms with Crippen LogP contribution in [0, 0.1) is 0 Å². The van der Waals surface area contributed by atoms with Crippen LogP contribution in [0.3, 0.4) is 0 Å². The van der Waals surface area contributed by atoms with E-state index >= 15 is 0 Å². The highest BCUT2D eigenvalue weighted by Crippen LogP contribution is 2.25. The number of ether oxygens (including phenoxy) is 9. The Morgan fingerprint density at radius 2 is 0.764 bits per heavy atom. The van der Waals surface area contributed by atoms with Gasteiger partial charge in [0.05, 0.1) is 24.0 Å². The molecular weight excluding hydrogens is 1460 g/mol. The summed E-state index contributed by atoms with van der Waals surface area (Å²) in [5.74, 6) is -2.26. The van der Waals surface area contributed by atoms with Crippen LogP contribution in [-0.4, -0.2) is 188 Å². The fourth-order valence-electron chi connectivity index (χ4n) is 7.73. The number of H-pyrrole nitrogens is 1. The summed E-state index contributed by atoms with van der Waals surface area (Å²) in [6.07, 6.45) is 4.77. The molecule has 0 saturated heterocycles. The molecular formula is C74H111ClN12O23. The van der Waals surface area contributed by atoms with Crippen molar-refractivity contribution in [2.24, 2.45) is 0 Å². The minimum Gasteiger partial charge on any atom is -0.467 e. The van der Waals surface area contributed by atoms with E-state index in [1.165, 1.54) is 82.8 Å². The second-order valence-corrected chi connectivity index (χ2v) is 29.0. The first-order valence-corrected chi connectivity index (χ1v) is 33.6. The van der Waals surface area contributed by atoms with Crippen LogP contribution in [-0.2, 0) is 81.2 Å². The lowest BCUT2D eigenvalue weighted by atomic mass is 10.0. The topological polar surface area (TPSA) is 459 Å². The molecule has 0 aromatic carbocycles. The van der Waals surface area contributed by atoms with Crippen LogP contribution in [0.15, 0.2) is 110 Å². The molecule has 35 nitrogen and oxygen atoms in total. The maximum absolute atomic E-state index is 13.0. The average molecular weight is 1570 g/mol. The van der Waals surface area contributed by atoms with Crippen LogP contribution in [0.5, 0.6) is 11.8 Å². The Hall–Kier alpha value is -10.7. The lowest BCUT2D eigenvalue weighted by Gasteiger charge is -2.28. The Kier molecular flexibility index (Phi) is 39.8. The molecule has 7 amide bonds. The molecule has 110 heavy (non-hydrogen) atoms. The summed E-state index contributed by atoms with van der Waals surface area (Å²) >= 11 is 5.73. The largest absolute Gasteiger partial charge is 0.467 e. The highest BCUT2D eigenvalue weighted by molar-refractivity contribution is 6.28. The smallest absolute Gasteiger partial charge is 0.425 e. The number of anilines is 3. The van der Waals surface area contributed by atoms with Crippen molar-refractivity contribution in [2.45, 2.75) is 224 Å². The molecule has 0 bridgehead atoms. The number of hydrogen-bond donors (Lipinski definition) is 5. The number of ketones is 3. The van der Waals surface area contributed by atoms with Gasteiger partial charge in [0.25, 0.3) is 35.0 Å². The molecule has 6 heterocycles. The number of rotatable bonds is 27. The van der Waals surface area contributed by atoms with Crippen molar-refractivity contribution >= 4 is 88.5 Å². The van der Waals surface area contributed by atoms with Crippen LogP contribution in [0.25, 0.3) is 0 Å². The van der Waals surface area contributed by atoms with E-state index in [1.54, 1.807) is 155 Å². The highest BCUT2D eigenvalue weighted by Gasteiger charge is 2.38. The average Bonchev–Trinajstić information content (AvgIpc) is 0.930. The van der Waals surface area contributed by atoms with E-state index in [-0.39, 0.29) is 101 Å². The molecule has 0 saturated carbocycles. The number of nitrogens with zero attached hydrogens (tertiary/aromatic N) is 7. The summed E-state index contributed by atoms with van der Waals surface area (Å²) in [6, 6.07) is 10.8. The maximum atomic E-state index is 13.0. The van der Waals surface area contributed by atoms with E-state index in [1.807, 2.05) is 0 Å². The quantitative estimate of drug-likeness (QED) is 0.0236. The number of aromatic amines is 1. The summed E-state index contributed by atoms with van der Waals surface area (Å²) < 4.78 is 61.2. The van der Waals surface area contributed by atoms with Gasteiger partial charge in [0.1, 0.15) is 75.5 Å². The third-order valence-corrected chi connectivity index (χ3v) is 14.2. The minimum atomic E-state index is -1.20. The molecule has 0 aliphatic heterocycles. The van der Waals surface area contributed by atoms with Crippen LogP contribution >= 0.6 is 11.6 Å². The number of aromatic nitrogens is 6. The molecule has 6 aromatic heterocycles. The molecule has 36 heteroatoms. The SMILES string of the molecule is C.C.C.COC(C)(C)C(=O)NC(Cc1ccc(N(C(=O)OC(C)(C)C)C(=O)OC(C)(C)C)nc1)C(=O)CCl.COC(C)(C)C(=O)NC(Cc1ccc(N(C(=O)OC(C)(C)C)C(=O)OC(C)(C)C)nc1)C(=O)COc1ccon1.COC(C)(C)C(=O)NC(Cc1ccc(N)nc1)C(=O)COc1ccon1.O=c1cco[nH]1. The number of alkyl halides is 1. The van der Waals surface area contributed by atoms with Crippen LogP contribution in [0.2, 0.25) is 0 Å². The monoisotopic (exact) mass is 1570 g/mol. The number of Topliss-reactive ketones (excluding diaryl/α,β-unsaturated/α-hetero) is 3. The molecule has 0 spiro atoms. The summed E-state index contributed by atoms with van der Waals surface area (Å²) in [4.78, 5) is 151. The zero-order valence-electron chi connectivity index (χ0n) is 64.1. The van der Waals surface area contributed by atoms with Gasteiger partial charge in [-0.2, -0.15) is 15.0 Å². The third kappa shape index (κ3) is 35.6. The number of methoxy groups -OCH3 is 3. The van der Waals surface area contributed by atoms with Crippen molar-refractivity contribution in [3.63, 3.8) is 0 Å². The number of nitrogens with two attached hydrogens (primary N) is 1. The molecule has 3 unspecified atom stereocenters. The van der Waals surface area contributed by atoms with Gasteiger partial charge in [0.15, 0.2) is 30.6 Å². The lowest BCUT2D eigenvalue weighted by Crippen LogP contribution is -2.52. The summed E-state index contributed by atoms with van der Waals surface area (Å²) in [7, 11) is 4.20. The zero-order chi connectivity index (χ0) is 81.1. The van der Waals surface area contributed by atoms with E-state index in [2.05, 4.69) is 55.4 Å². The van der Waals surface area contributed by atoms with Crippen LogP contribution in [0.1, 0.15) is 164 Å². The fourth-order valence-corrected chi connectivity index (χ4v) is 7.91. The Bertz CT molecular complexity index is 3840. The van der Waals surface area contributed by atoms with E-state index in [4.69, 9.17) is 64.5 Å². The van der Waals surface area contributed by atoms with E-state index in [9.17, 15) is 52.7 Å². The van der Waals surface area contributed by atoms with Gasteiger partial charge in [-0.05, 0) is 170 Å². The molecule has 0 aliphatic rings. The molecule has 612 valence electrons. The van der Waals surface area contributed by atoms with Gasteiger partial charge in [0, 0.05) is 77.4 Å². The molecule has 3 atom stereocenters. The van der Waals surface area contributed by atoms with Gasteiger partial charge >= 0.3 is 24.4 Å². The number of halogens is 1. The van der Waals surface area contributed by atoms with E-state index in [0.717, 1.165) is 5.56 Å². The molecule has 0 radical (unpaired) electrons. The normalized spacial score (nSPS) is 12.2. The van der Waals surface area contributed by atoms with Gasteiger partial charge < -0.3 is 77.9 Å². The van der Waals surface area contributed by atoms with Crippen molar-refractivity contribution in [1.82, 2.24) is 46.4 Å². The Labute approximate surface area is 646 Å². The predicted octanol–water partition coefficient (Wildman–Crippen LogP) is 10.5. The van der Waals surface area contributed by atoms with Crippen molar-refractivity contribution in [2.75, 3.05) is 56.0 Å². The predicted molar refractivity (Wildman–Crippen MR) is 406 cm³/mol. The first-order valence-electron chi connectivity index (χ1n) is 33.1. The second-order valence-electron chi connectivity index (χ2n) is 28.7. The van der Waals surface area contributed by atoms with Crippen molar-refractivity contribution in [3.05, 3.63) is 119 Å². The Morgan fingerprint density at radius 1 is 0.455 bits per heavy atom. The first kappa shape index (κ1) is 99.3. The number of amides is 7. The van der Waals surface area contributed by atoms with Crippen molar-refractivity contribution in [1.29, 1.82) is 0 Å². The van der Waals surface area contributed by atoms with Gasteiger partial charge in [-0.1, -0.05) is 40.5 Å². The van der Waals surface area contributed by atoms with Crippen LogP contribution in [0.4, 0.5) is 36.6 Å². The number of pyridine rings is 3. The molecule has 0 aliphatic carbocycles. The van der Waals surface area contributed by atoms with Gasteiger partial charge in [-0.3, -0.25) is 33.6 Å². The molecule has 6 N–H and O–H groups in total. The number of imide groups is 2. The number of carbonyl (C=O) groups excluding carboxylic acids is 10. The Balaban J connectivity index is 0.00000156. The van der Waals surface area contributed by atoms with Crippen LogP contribution < -0.4 is 46.5 Å². The van der Waals surface area contributed by atoms with E-state index < -0.39 is 105 Å². The summed E-state index contributed by atoms with van der Waals surface area (Å²) in [6.45, 7) is 28.8. The second kappa shape index (κ2) is 44.1. The Morgan fingerprint density at radius 3 is 0.982 bits per heavy atom. The zero-order valence-corrected chi connectivity index (χ0v) is 64.9. The third-order valence-electron chi connectivity index (χ3n) is 13.9. The van der Waals surface area contributed by atoms with Gasteiger partial charge in [0.2, 0.25) is 0 Å². The molecule has 0 fully saturated rings. The number of hydrogen-bond acceptors (Lipinski definition) is 29. The fraction of sp³-hybridized carbons (Fsp3) is 0.541. The summed E-state index contributed by atoms with van der Waals surface area (Å²) in [5, 5.41) is 17.3.